The molecule has 0 aliphatic carbocycles. The molecule has 1 amide bonds. The van der Waals surface area contributed by atoms with E-state index in [-0.39, 0.29) is 11.7 Å². The topological polar surface area (TPSA) is 62.6 Å². The van der Waals surface area contributed by atoms with Crippen molar-refractivity contribution >= 4 is 16.7 Å². The van der Waals surface area contributed by atoms with Gasteiger partial charge in [0.15, 0.2) is 5.76 Å². The Morgan fingerprint density at radius 2 is 1.85 bits per heavy atom. The van der Waals surface area contributed by atoms with Gasteiger partial charge in [-0.2, -0.15) is 0 Å². The highest BCUT2D eigenvalue weighted by Crippen LogP contribution is 2.13. The van der Waals surface area contributed by atoms with Crippen molar-refractivity contribution in [3.63, 3.8) is 0 Å². The quantitative estimate of drug-likeness (QED) is 0.772. The molecule has 0 radical (unpaired) electrons. The summed E-state index contributed by atoms with van der Waals surface area (Å²) in [6.07, 6.45) is 2.49. The van der Waals surface area contributed by atoms with E-state index in [1.807, 2.05) is 31.2 Å². The second kappa shape index (κ2) is 9.14. The van der Waals surface area contributed by atoms with Crippen LogP contribution in [-0.4, -0.2) is 41.2 Å². The molecule has 1 atom stereocenters. The lowest BCUT2D eigenvalue weighted by atomic mass is 10.2. The lowest BCUT2D eigenvalue weighted by Crippen LogP contribution is -2.33. The van der Waals surface area contributed by atoms with E-state index in [4.69, 9.17) is 4.42 Å². The van der Waals surface area contributed by atoms with Gasteiger partial charge in [0.1, 0.15) is 5.76 Å². The first-order valence-electron chi connectivity index (χ1n) is 9.10. The Morgan fingerprint density at radius 3 is 2.58 bits per heavy atom. The maximum Gasteiger partial charge on any atom is 0.287 e. The normalized spacial score (nSPS) is 15.9. The predicted octanol–water partition coefficient (Wildman–Crippen LogP) is 2.86. The molecule has 2 heterocycles. The Kier molecular flexibility index (Phi) is 6.63. The smallest absolute Gasteiger partial charge is 0.287 e. The third-order valence-corrected chi connectivity index (χ3v) is 5.81. The molecule has 26 heavy (non-hydrogen) atoms. The van der Waals surface area contributed by atoms with Crippen LogP contribution in [0.4, 0.5) is 0 Å². The number of furan rings is 1. The lowest BCUT2D eigenvalue weighted by Gasteiger charge is -2.14. The van der Waals surface area contributed by atoms with Crippen LogP contribution in [0.15, 0.2) is 40.8 Å². The summed E-state index contributed by atoms with van der Waals surface area (Å²) in [5.74, 6) is 1.46. The van der Waals surface area contributed by atoms with E-state index in [1.165, 1.54) is 18.4 Å². The van der Waals surface area contributed by atoms with Crippen LogP contribution in [0, 0.1) is 6.92 Å². The molecule has 1 saturated heterocycles. The van der Waals surface area contributed by atoms with Crippen molar-refractivity contribution in [2.75, 3.05) is 26.2 Å². The largest absolute Gasteiger partial charge is 0.455 e. The highest BCUT2D eigenvalue weighted by atomic mass is 32.2. The third-order valence-electron chi connectivity index (χ3n) is 4.55. The van der Waals surface area contributed by atoms with Crippen LogP contribution in [0.5, 0.6) is 0 Å². The van der Waals surface area contributed by atoms with Gasteiger partial charge in [-0.1, -0.05) is 29.8 Å². The molecule has 1 N–H and O–H groups in total. The lowest BCUT2D eigenvalue weighted by molar-refractivity contribution is 0.0920. The maximum absolute atomic E-state index is 12.3. The minimum atomic E-state index is -1.07. The minimum absolute atomic E-state index is 0.209. The van der Waals surface area contributed by atoms with Crippen molar-refractivity contribution in [1.82, 2.24) is 10.2 Å². The van der Waals surface area contributed by atoms with Crippen molar-refractivity contribution in [2.45, 2.75) is 31.3 Å². The molecule has 140 valence electrons. The van der Waals surface area contributed by atoms with Crippen molar-refractivity contribution in [3.05, 3.63) is 59.0 Å². The second-order valence-corrected chi connectivity index (χ2v) is 8.24. The van der Waals surface area contributed by atoms with Crippen LogP contribution < -0.4 is 5.32 Å². The molecule has 0 saturated carbocycles. The zero-order valence-corrected chi connectivity index (χ0v) is 16.0. The number of nitrogens with one attached hydrogen (secondary N) is 1. The van der Waals surface area contributed by atoms with Crippen LogP contribution in [0.3, 0.4) is 0 Å². The van der Waals surface area contributed by atoms with E-state index < -0.39 is 10.8 Å². The van der Waals surface area contributed by atoms with E-state index in [9.17, 15) is 9.00 Å². The molecule has 2 aromatic rings. The number of nitrogens with zero attached hydrogens (tertiary/aromatic N) is 1. The highest BCUT2D eigenvalue weighted by Gasteiger charge is 2.15. The molecule has 0 bridgehead atoms. The summed E-state index contributed by atoms with van der Waals surface area (Å²) >= 11 is 0. The zero-order chi connectivity index (χ0) is 18.4. The van der Waals surface area contributed by atoms with Gasteiger partial charge in [-0.3, -0.25) is 9.00 Å². The number of carbonyl (C=O) groups excluding carboxylic acids is 1. The Balaban J connectivity index is 1.44. The molecule has 6 heteroatoms. The summed E-state index contributed by atoms with van der Waals surface area (Å²) in [5, 5.41) is 2.89. The van der Waals surface area contributed by atoms with E-state index in [2.05, 4.69) is 10.2 Å². The van der Waals surface area contributed by atoms with Gasteiger partial charge in [-0.25, -0.2) is 0 Å². The monoisotopic (exact) mass is 374 g/mol. The molecule has 1 aliphatic heterocycles. The summed E-state index contributed by atoms with van der Waals surface area (Å²) < 4.78 is 17.9. The second-order valence-electron chi connectivity index (χ2n) is 6.78. The molecular formula is C20H26N2O3S. The average Bonchev–Trinajstić information content (AvgIpc) is 3.29. The van der Waals surface area contributed by atoms with Crippen LogP contribution >= 0.6 is 0 Å². The van der Waals surface area contributed by atoms with Crippen LogP contribution in [0.2, 0.25) is 0 Å². The van der Waals surface area contributed by atoms with E-state index >= 15 is 0 Å². The highest BCUT2D eigenvalue weighted by molar-refractivity contribution is 7.83. The van der Waals surface area contributed by atoms with Crippen LogP contribution in [-0.2, 0) is 22.3 Å². The van der Waals surface area contributed by atoms with Crippen molar-refractivity contribution in [3.8, 4) is 0 Å². The van der Waals surface area contributed by atoms with Gasteiger partial charge in [-0.05, 0) is 50.6 Å². The van der Waals surface area contributed by atoms with E-state index in [0.29, 0.717) is 23.8 Å². The third kappa shape index (κ3) is 5.54. The fraction of sp³-hybridized carbons (Fsp3) is 0.450. The summed E-state index contributed by atoms with van der Waals surface area (Å²) in [5.41, 5.74) is 2.23. The first-order valence-corrected chi connectivity index (χ1v) is 10.6. The summed E-state index contributed by atoms with van der Waals surface area (Å²) in [6, 6.07) is 11.4. The minimum Gasteiger partial charge on any atom is -0.455 e. The number of hydrogen-bond donors (Lipinski definition) is 1. The average molecular weight is 375 g/mol. The van der Waals surface area contributed by atoms with Crippen LogP contribution in [0.1, 0.15) is 40.3 Å². The summed E-state index contributed by atoms with van der Waals surface area (Å²) in [4.78, 5) is 14.5. The van der Waals surface area contributed by atoms with Gasteiger partial charge >= 0.3 is 0 Å². The Bertz CT molecular complexity index is 749. The van der Waals surface area contributed by atoms with Gasteiger partial charge in [-0.15, -0.1) is 0 Å². The number of carbonyl (C=O) groups is 1. The SMILES string of the molecule is Cc1ccc(CS(=O)Cc2ccc(C(=O)NCCN3CCCC3)o2)cc1. The standard InChI is InChI=1S/C20H26N2O3S/c1-16-4-6-17(7-5-16)14-26(24)15-18-8-9-19(25-18)20(23)21-10-13-22-11-2-3-12-22/h4-9H,2-3,10-15H2,1H3,(H,21,23). The molecule has 1 aliphatic rings. The van der Waals surface area contributed by atoms with E-state index in [0.717, 1.165) is 25.2 Å². The fourth-order valence-electron chi connectivity index (χ4n) is 3.08. The Morgan fingerprint density at radius 1 is 1.12 bits per heavy atom. The molecule has 3 rings (SSSR count). The molecule has 1 fully saturated rings. The molecular weight excluding hydrogens is 348 g/mol. The molecule has 1 unspecified atom stereocenters. The number of likely N-dealkylation sites (tertiary alicyclic amines) is 1. The van der Waals surface area contributed by atoms with Gasteiger partial charge in [0, 0.05) is 29.6 Å². The maximum atomic E-state index is 12.3. The number of aryl methyl sites for hydroxylation is 1. The van der Waals surface area contributed by atoms with Crippen molar-refractivity contribution in [1.29, 1.82) is 0 Å². The van der Waals surface area contributed by atoms with Gasteiger partial charge < -0.3 is 14.6 Å². The first kappa shape index (κ1) is 18.9. The Hall–Kier alpha value is -1.92. The van der Waals surface area contributed by atoms with Gasteiger partial charge in [0.25, 0.3) is 5.91 Å². The van der Waals surface area contributed by atoms with Gasteiger partial charge in [0.2, 0.25) is 0 Å². The number of rotatable bonds is 8. The zero-order valence-electron chi connectivity index (χ0n) is 15.2. The van der Waals surface area contributed by atoms with Crippen LogP contribution in [0.25, 0.3) is 0 Å². The van der Waals surface area contributed by atoms with Crippen molar-refractivity contribution in [2.24, 2.45) is 0 Å². The molecule has 1 aromatic heterocycles. The number of amides is 1. The van der Waals surface area contributed by atoms with E-state index in [1.54, 1.807) is 12.1 Å². The molecule has 1 aromatic carbocycles. The first-order chi connectivity index (χ1) is 12.6. The predicted molar refractivity (Wildman–Crippen MR) is 103 cm³/mol. The molecule has 5 nitrogen and oxygen atoms in total. The molecule has 0 spiro atoms. The summed E-state index contributed by atoms with van der Waals surface area (Å²) in [7, 11) is -1.07. The summed E-state index contributed by atoms with van der Waals surface area (Å²) in [6.45, 7) is 5.76. The number of benzene rings is 1. The fourth-order valence-corrected chi connectivity index (χ4v) is 4.22. The Labute approximate surface area is 157 Å². The number of hydrogen-bond acceptors (Lipinski definition) is 4. The van der Waals surface area contributed by atoms with Crippen molar-refractivity contribution < 1.29 is 13.4 Å². The van der Waals surface area contributed by atoms with Gasteiger partial charge in [0.05, 0.1) is 5.75 Å².